The summed E-state index contributed by atoms with van der Waals surface area (Å²) in [6.45, 7) is -0.377. The summed E-state index contributed by atoms with van der Waals surface area (Å²) in [5.74, 6) is 0. The maximum Gasteiger partial charge on any atom is 0.278 e. The number of rotatable bonds is 2. The number of aliphatic hydroxyl groups excluding tert-OH is 1. The van der Waals surface area contributed by atoms with Gasteiger partial charge in [0.05, 0.1) is 19.3 Å². The van der Waals surface area contributed by atoms with Crippen LogP contribution in [-0.4, -0.2) is 43.5 Å². The lowest BCUT2D eigenvalue weighted by Crippen LogP contribution is -2.21. The quantitative estimate of drug-likeness (QED) is 0.770. The molecule has 2 N–H and O–H groups in total. The number of imidazole rings is 1. The molecule has 0 unspecified atom stereocenters. The molecule has 3 rings (SSSR count). The lowest BCUT2D eigenvalue weighted by molar-refractivity contribution is -0.0323. The Morgan fingerprint density at radius 3 is 3.17 bits per heavy atom. The van der Waals surface area contributed by atoms with E-state index in [9.17, 15) is 9.18 Å². The van der Waals surface area contributed by atoms with Gasteiger partial charge in [0.15, 0.2) is 11.2 Å². The van der Waals surface area contributed by atoms with E-state index in [4.69, 9.17) is 9.84 Å². The van der Waals surface area contributed by atoms with Crippen LogP contribution in [-0.2, 0) is 4.74 Å². The summed E-state index contributed by atoms with van der Waals surface area (Å²) in [5, 5.41) is 8.95. The van der Waals surface area contributed by atoms with Gasteiger partial charge in [-0.3, -0.25) is 9.36 Å². The summed E-state index contributed by atoms with van der Waals surface area (Å²) in [6, 6.07) is 0. The van der Waals surface area contributed by atoms with E-state index in [1.54, 1.807) is 0 Å². The minimum Gasteiger partial charge on any atom is -0.394 e. The van der Waals surface area contributed by atoms with Crippen molar-refractivity contribution < 1.29 is 14.2 Å². The molecule has 2 aromatic rings. The summed E-state index contributed by atoms with van der Waals surface area (Å²) in [4.78, 5) is 21.8. The van der Waals surface area contributed by atoms with Crippen molar-refractivity contribution in [2.45, 2.75) is 24.9 Å². The van der Waals surface area contributed by atoms with E-state index < -0.39 is 18.5 Å². The third-order valence-corrected chi connectivity index (χ3v) is 3.02. The third-order valence-electron chi connectivity index (χ3n) is 3.02. The molecule has 2 aromatic heterocycles. The van der Waals surface area contributed by atoms with Crippen LogP contribution >= 0.6 is 0 Å². The Hall–Kier alpha value is -1.80. The molecule has 1 saturated heterocycles. The zero-order valence-corrected chi connectivity index (χ0v) is 9.28. The number of nitrogens with zero attached hydrogens (tertiary/aromatic N) is 3. The second-order valence-corrected chi connectivity index (χ2v) is 4.12. The number of halogens is 1. The number of aromatic amines is 1. The summed E-state index contributed by atoms with van der Waals surface area (Å²) >= 11 is 0. The molecule has 96 valence electrons. The van der Waals surface area contributed by atoms with Gasteiger partial charge >= 0.3 is 0 Å². The molecule has 0 spiro atoms. The minimum atomic E-state index is -1.24. The lowest BCUT2D eigenvalue weighted by atomic mass is 10.2. The number of ether oxygens (including phenoxy) is 1. The van der Waals surface area contributed by atoms with Gasteiger partial charge in [-0.25, -0.2) is 14.4 Å². The van der Waals surface area contributed by atoms with Crippen LogP contribution in [0.15, 0.2) is 17.4 Å². The fourth-order valence-electron chi connectivity index (χ4n) is 2.10. The monoisotopic (exact) mass is 254 g/mol. The van der Waals surface area contributed by atoms with E-state index in [1.165, 1.54) is 17.2 Å². The standard InChI is InChI=1S/C10H11FN4O3/c11-5-1-7(18-6(5)2-16)15-4-14-8-9(15)12-3-13-10(8)17/h3-7,16H,1-2H2,(H,12,13,17)/t5-,6+,7+/m0/s1. The zero-order chi connectivity index (χ0) is 12.7. The maximum atomic E-state index is 13.5. The molecule has 3 heterocycles. The number of fused-ring (bicyclic) bond motifs is 1. The van der Waals surface area contributed by atoms with E-state index in [0.717, 1.165) is 0 Å². The molecule has 0 bridgehead atoms. The minimum absolute atomic E-state index is 0.102. The van der Waals surface area contributed by atoms with Crippen molar-refractivity contribution in [2.75, 3.05) is 6.61 Å². The first kappa shape index (κ1) is 11.3. The molecule has 8 heteroatoms. The Morgan fingerprint density at radius 1 is 1.61 bits per heavy atom. The van der Waals surface area contributed by atoms with Crippen molar-refractivity contribution in [1.82, 2.24) is 19.5 Å². The Kier molecular flexibility index (Phi) is 2.60. The molecule has 0 radical (unpaired) electrons. The first-order chi connectivity index (χ1) is 8.70. The van der Waals surface area contributed by atoms with Gasteiger partial charge in [-0.1, -0.05) is 0 Å². The number of hydrogen-bond acceptors (Lipinski definition) is 5. The van der Waals surface area contributed by atoms with Crippen LogP contribution in [0.3, 0.4) is 0 Å². The molecule has 0 aromatic carbocycles. The van der Waals surface area contributed by atoms with Crippen molar-refractivity contribution in [3.8, 4) is 0 Å². The van der Waals surface area contributed by atoms with E-state index >= 15 is 0 Å². The fourth-order valence-corrected chi connectivity index (χ4v) is 2.10. The third kappa shape index (κ3) is 1.61. The smallest absolute Gasteiger partial charge is 0.278 e. The Morgan fingerprint density at radius 2 is 2.44 bits per heavy atom. The number of hydrogen-bond donors (Lipinski definition) is 2. The number of H-pyrrole nitrogens is 1. The van der Waals surface area contributed by atoms with Crippen molar-refractivity contribution >= 4 is 11.2 Å². The van der Waals surface area contributed by atoms with Crippen LogP contribution in [0.25, 0.3) is 11.2 Å². The summed E-state index contributed by atoms with van der Waals surface area (Å²) in [6.07, 6.45) is 0.0778. The summed E-state index contributed by atoms with van der Waals surface area (Å²) < 4.78 is 20.4. The van der Waals surface area contributed by atoms with Gasteiger partial charge in [-0.05, 0) is 0 Å². The van der Waals surface area contributed by atoms with Gasteiger partial charge in [-0.2, -0.15) is 0 Å². The van der Waals surface area contributed by atoms with Crippen molar-refractivity contribution in [3.63, 3.8) is 0 Å². The zero-order valence-electron chi connectivity index (χ0n) is 9.28. The van der Waals surface area contributed by atoms with Crippen LogP contribution in [0.4, 0.5) is 4.39 Å². The van der Waals surface area contributed by atoms with Crippen LogP contribution < -0.4 is 5.56 Å². The molecule has 3 atom stereocenters. The topological polar surface area (TPSA) is 93.0 Å². The molecule has 1 fully saturated rings. The second-order valence-electron chi connectivity index (χ2n) is 4.12. The van der Waals surface area contributed by atoms with E-state index in [2.05, 4.69) is 15.0 Å². The highest BCUT2D eigenvalue weighted by atomic mass is 19.1. The average molecular weight is 254 g/mol. The molecule has 0 saturated carbocycles. The highest BCUT2D eigenvalue weighted by molar-refractivity contribution is 5.68. The Bertz CT molecular complexity index is 625. The summed E-state index contributed by atoms with van der Waals surface area (Å²) in [5.41, 5.74) is 0.172. The molecule has 0 amide bonds. The van der Waals surface area contributed by atoms with Gasteiger partial charge in [0.1, 0.15) is 18.5 Å². The molecule has 0 aliphatic carbocycles. The number of aromatic nitrogens is 4. The molecule has 1 aliphatic rings. The number of nitrogens with one attached hydrogen (secondary N) is 1. The molecular weight excluding hydrogens is 243 g/mol. The Labute approximate surface area is 100 Å². The molecule has 18 heavy (non-hydrogen) atoms. The van der Waals surface area contributed by atoms with Crippen LogP contribution in [0.5, 0.6) is 0 Å². The van der Waals surface area contributed by atoms with Crippen LogP contribution in [0, 0.1) is 0 Å². The highest BCUT2D eigenvalue weighted by Gasteiger charge is 2.36. The lowest BCUT2D eigenvalue weighted by Gasteiger charge is -2.13. The van der Waals surface area contributed by atoms with E-state index in [-0.39, 0.29) is 24.1 Å². The predicted octanol–water partition coefficient (Wildman–Crippen LogP) is -0.262. The summed E-state index contributed by atoms with van der Waals surface area (Å²) in [7, 11) is 0. The van der Waals surface area contributed by atoms with Gasteiger partial charge in [0.25, 0.3) is 5.56 Å². The van der Waals surface area contributed by atoms with Gasteiger partial charge in [0.2, 0.25) is 0 Å². The van der Waals surface area contributed by atoms with Crippen LogP contribution in [0.1, 0.15) is 12.6 Å². The van der Waals surface area contributed by atoms with Gasteiger partial charge < -0.3 is 14.8 Å². The van der Waals surface area contributed by atoms with Crippen molar-refractivity contribution in [3.05, 3.63) is 23.0 Å². The average Bonchev–Trinajstić information content (AvgIpc) is 2.93. The molecule has 1 aliphatic heterocycles. The largest absolute Gasteiger partial charge is 0.394 e. The van der Waals surface area contributed by atoms with Gasteiger partial charge in [0, 0.05) is 6.42 Å². The highest BCUT2D eigenvalue weighted by Crippen LogP contribution is 2.31. The fraction of sp³-hybridized carbons (Fsp3) is 0.500. The van der Waals surface area contributed by atoms with E-state index in [0.29, 0.717) is 5.65 Å². The first-order valence-corrected chi connectivity index (χ1v) is 5.51. The Balaban J connectivity index is 2.01. The first-order valence-electron chi connectivity index (χ1n) is 5.51. The second kappa shape index (κ2) is 4.14. The SMILES string of the molecule is O=c1[nH]cnc2c1ncn2[C@H]1C[C@H](F)[C@@H](CO)O1. The van der Waals surface area contributed by atoms with Gasteiger partial charge in [-0.15, -0.1) is 0 Å². The number of alkyl halides is 1. The van der Waals surface area contributed by atoms with E-state index in [1.807, 2.05) is 0 Å². The number of aliphatic hydroxyl groups is 1. The predicted molar refractivity (Wildman–Crippen MR) is 58.7 cm³/mol. The molecule has 7 nitrogen and oxygen atoms in total. The maximum absolute atomic E-state index is 13.5. The molecular formula is C10H11FN4O3. The van der Waals surface area contributed by atoms with Crippen molar-refractivity contribution in [2.24, 2.45) is 0 Å². The normalized spacial score (nSPS) is 28.0. The van der Waals surface area contributed by atoms with Crippen molar-refractivity contribution in [1.29, 1.82) is 0 Å². The van der Waals surface area contributed by atoms with Crippen LogP contribution in [0.2, 0.25) is 0 Å².